The molecule has 2 aromatic carbocycles. The van der Waals surface area contributed by atoms with Gasteiger partial charge in [-0.05, 0) is 36.2 Å². The van der Waals surface area contributed by atoms with E-state index in [0.717, 1.165) is 30.4 Å². The summed E-state index contributed by atoms with van der Waals surface area (Å²) in [4.78, 5) is 14.8. The van der Waals surface area contributed by atoms with Gasteiger partial charge in [0.05, 0.1) is 6.54 Å². The molecule has 0 radical (unpaired) electrons. The summed E-state index contributed by atoms with van der Waals surface area (Å²) in [7, 11) is 0. The summed E-state index contributed by atoms with van der Waals surface area (Å²) in [6, 6.07) is 10.8. The number of rotatable bonds is 4. The number of aromatic hydroxyl groups is 2. The SMILES string of the molecule is N[C@@H](Cc1ccc(O)c(O)c1)C(=O)O.c1ccc2c(c1)OCC(C1=NCCN1)O2. The van der Waals surface area contributed by atoms with E-state index in [1.165, 1.54) is 18.2 Å². The number of nitrogens with two attached hydrogens (primary N) is 1. The summed E-state index contributed by atoms with van der Waals surface area (Å²) >= 11 is 0. The van der Waals surface area contributed by atoms with Crippen LogP contribution in [-0.4, -0.2) is 59.0 Å². The first-order chi connectivity index (χ1) is 13.9. The molecule has 2 aromatic rings. The lowest BCUT2D eigenvalue weighted by Crippen LogP contribution is -2.42. The maximum atomic E-state index is 10.4. The lowest BCUT2D eigenvalue weighted by molar-refractivity contribution is -0.138. The number of para-hydroxylation sites is 2. The molecule has 4 rings (SSSR count). The topological polar surface area (TPSA) is 147 Å². The van der Waals surface area contributed by atoms with Gasteiger partial charge in [0.25, 0.3) is 0 Å². The second kappa shape index (κ2) is 9.16. The van der Waals surface area contributed by atoms with Gasteiger partial charge in [-0.15, -0.1) is 0 Å². The number of aliphatic carboxylic acids is 1. The van der Waals surface area contributed by atoms with E-state index in [1.807, 2.05) is 24.3 Å². The number of phenolic OH excluding ortho intramolecular Hbond substituents is 2. The second-order valence-corrected chi connectivity index (χ2v) is 6.53. The van der Waals surface area contributed by atoms with Gasteiger partial charge in [-0.1, -0.05) is 18.2 Å². The zero-order chi connectivity index (χ0) is 20.8. The Morgan fingerprint density at radius 3 is 2.62 bits per heavy atom. The number of hydrogen-bond donors (Lipinski definition) is 5. The van der Waals surface area contributed by atoms with Crippen molar-refractivity contribution in [2.45, 2.75) is 18.6 Å². The highest BCUT2D eigenvalue weighted by Gasteiger charge is 2.26. The van der Waals surface area contributed by atoms with E-state index in [9.17, 15) is 4.79 Å². The molecular formula is C20H23N3O6. The molecule has 0 spiro atoms. The Labute approximate surface area is 167 Å². The quantitative estimate of drug-likeness (QED) is 0.475. The monoisotopic (exact) mass is 401 g/mol. The predicted molar refractivity (Wildman–Crippen MR) is 106 cm³/mol. The summed E-state index contributed by atoms with van der Waals surface area (Å²) in [5, 5.41) is 29.8. The molecule has 9 heteroatoms. The number of nitrogens with zero attached hydrogens (tertiary/aromatic N) is 1. The van der Waals surface area contributed by atoms with E-state index in [0.29, 0.717) is 12.2 Å². The average molecular weight is 401 g/mol. The van der Waals surface area contributed by atoms with Crippen molar-refractivity contribution in [3.05, 3.63) is 48.0 Å². The number of carboxylic acid groups (broad SMARTS) is 1. The Kier molecular flexibility index (Phi) is 6.40. The fourth-order valence-corrected chi connectivity index (χ4v) is 2.82. The molecule has 0 aromatic heterocycles. The third-order valence-electron chi connectivity index (χ3n) is 4.33. The summed E-state index contributed by atoms with van der Waals surface area (Å²) in [6.07, 6.45) is 0.0331. The minimum absolute atomic E-state index is 0.0811. The molecule has 2 aliphatic heterocycles. The molecule has 9 nitrogen and oxygen atoms in total. The molecule has 154 valence electrons. The standard InChI is InChI=1S/C11H12N2O2.C9H11NO4/c1-2-4-9-8(3-1)14-7-10(15-9)11-12-5-6-13-11;10-6(9(13)14)3-5-1-2-7(11)8(12)4-5/h1-4,10H,5-7H2,(H,12,13);1-2,4,6,11-12H,3,10H2,(H,13,14)/t;6-/m.0/s1. The first-order valence-corrected chi connectivity index (χ1v) is 9.10. The first kappa shape index (κ1) is 20.3. The fourth-order valence-electron chi connectivity index (χ4n) is 2.82. The van der Waals surface area contributed by atoms with Crippen LogP contribution in [0.4, 0.5) is 0 Å². The molecule has 0 fully saturated rings. The number of benzene rings is 2. The van der Waals surface area contributed by atoms with Crippen molar-refractivity contribution < 1.29 is 29.6 Å². The van der Waals surface area contributed by atoms with Gasteiger partial charge < -0.3 is 35.8 Å². The van der Waals surface area contributed by atoms with Gasteiger partial charge in [0.15, 0.2) is 29.1 Å². The Morgan fingerprint density at radius 1 is 1.21 bits per heavy atom. The minimum Gasteiger partial charge on any atom is -0.504 e. The molecule has 0 aliphatic carbocycles. The third kappa shape index (κ3) is 5.29. The number of aliphatic imine (C=N–C) groups is 1. The van der Waals surface area contributed by atoms with Gasteiger partial charge in [0.2, 0.25) is 0 Å². The lowest BCUT2D eigenvalue weighted by Gasteiger charge is -2.26. The van der Waals surface area contributed by atoms with Crippen LogP contribution in [0, 0.1) is 0 Å². The van der Waals surface area contributed by atoms with Crippen LogP contribution in [0.1, 0.15) is 5.56 Å². The Balaban J connectivity index is 0.000000166. The highest BCUT2D eigenvalue weighted by molar-refractivity contribution is 5.88. The number of carbonyl (C=O) groups is 1. The molecule has 29 heavy (non-hydrogen) atoms. The van der Waals surface area contributed by atoms with Crippen molar-refractivity contribution in [3.63, 3.8) is 0 Å². The van der Waals surface area contributed by atoms with Gasteiger partial charge in [-0.25, -0.2) is 0 Å². The molecule has 1 unspecified atom stereocenters. The zero-order valence-corrected chi connectivity index (χ0v) is 15.6. The van der Waals surface area contributed by atoms with Crippen LogP contribution in [0.2, 0.25) is 0 Å². The molecular weight excluding hydrogens is 378 g/mol. The van der Waals surface area contributed by atoms with Crippen LogP contribution >= 0.6 is 0 Å². The minimum atomic E-state index is -1.10. The van der Waals surface area contributed by atoms with E-state index in [-0.39, 0.29) is 24.0 Å². The number of amidine groups is 1. The van der Waals surface area contributed by atoms with Crippen molar-refractivity contribution in [1.29, 1.82) is 0 Å². The van der Waals surface area contributed by atoms with Crippen LogP contribution in [0.15, 0.2) is 47.5 Å². The number of hydrogen-bond acceptors (Lipinski definition) is 8. The van der Waals surface area contributed by atoms with Gasteiger partial charge in [-0.2, -0.15) is 0 Å². The maximum Gasteiger partial charge on any atom is 0.320 e. The second-order valence-electron chi connectivity index (χ2n) is 6.53. The lowest BCUT2D eigenvalue weighted by atomic mass is 10.1. The zero-order valence-electron chi connectivity index (χ0n) is 15.6. The van der Waals surface area contributed by atoms with E-state index < -0.39 is 12.0 Å². The van der Waals surface area contributed by atoms with E-state index in [4.69, 9.17) is 30.5 Å². The molecule has 2 heterocycles. The van der Waals surface area contributed by atoms with Crippen molar-refractivity contribution in [2.24, 2.45) is 10.7 Å². The van der Waals surface area contributed by atoms with Crippen LogP contribution in [0.3, 0.4) is 0 Å². The van der Waals surface area contributed by atoms with Gasteiger partial charge in [-0.3, -0.25) is 9.79 Å². The number of fused-ring (bicyclic) bond motifs is 1. The Morgan fingerprint density at radius 2 is 1.97 bits per heavy atom. The average Bonchev–Trinajstić information content (AvgIpc) is 3.26. The van der Waals surface area contributed by atoms with Gasteiger partial charge >= 0.3 is 5.97 Å². The highest BCUT2D eigenvalue weighted by atomic mass is 16.6. The van der Waals surface area contributed by atoms with Crippen molar-refractivity contribution in [3.8, 4) is 23.0 Å². The summed E-state index contributed by atoms with van der Waals surface area (Å²) in [6.45, 7) is 2.26. The van der Waals surface area contributed by atoms with Crippen LogP contribution in [0.5, 0.6) is 23.0 Å². The number of phenols is 2. The summed E-state index contributed by atoms with van der Waals surface area (Å²) in [5.74, 6) is 0.900. The van der Waals surface area contributed by atoms with Crippen LogP contribution in [0.25, 0.3) is 0 Å². The highest BCUT2D eigenvalue weighted by Crippen LogP contribution is 2.31. The number of ether oxygens (including phenoxy) is 2. The molecule has 2 aliphatic rings. The van der Waals surface area contributed by atoms with Crippen molar-refractivity contribution in [2.75, 3.05) is 19.7 Å². The normalized spacial score (nSPS) is 18.0. The third-order valence-corrected chi connectivity index (χ3v) is 4.33. The van der Waals surface area contributed by atoms with E-state index >= 15 is 0 Å². The molecule has 6 N–H and O–H groups in total. The number of carboxylic acids is 1. The van der Waals surface area contributed by atoms with Crippen molar-refractivity contribution >= 4 is 11.8 Å². The largest absolute Gasteiger partial charge is 0.504 e. The Bertz CT molecular complexity index is 902. The van der Waals surface area contributed by atoms with Gasteiger partial charge in [0.1, 0.15) is 18.5 Å². The van der Waals surface area contributed by atoms with Crippen LogP contribution < -0.4 is 20.5 Å². The maximum absolute atomic E-state index is 10.4. The van der Waals surface area contributed by atoms with Crippen LogP contribution in [-0.2, 0) is 11.2 Å². The fraction of sp³-hybridized carbons (Fsp3) is 0.300. The van der Waals surface area contributed by atoms with Gasteiger partial charge in [0, 0.05) is 6.54 Å². The van der Waals surface area contributed by atoms with E-state index in [1.54, 1.807) is 0 Å². The first-order valence-electron chi connectivity index (χ1n) is 9.10. The number of nitrogens with one attached hydrogen (secondary N) is 1. The van der Waals surface area contributed by atoms with E-state index in [2.05, 4.69) is 10.3 Å². The smallest absolute Gasteiger partial charge is 0.320 e. The summed E-state index contributed by atoms with van der Waals surface area (Å²) < 4.78 is 11.4. The molecule has 0 bridgehead atoms. The molecule has 0 saturated heterocycles. The predicted octanol–water partition coefficient (Wildman–Crippen LogP) is 0.880. The van der Waals surface area contributed by atoms with Crippen molar-refractivity contribution in [1.82, 2.24) is 5.32 Å². The molecule has 2 atom stereocenters. The Hall–Kier alpha value is -3.46. The summed E-state index contributed by atoms with van der Waals surface area (Å²) in [5.41, 5.74) is 5.86. The molecule has 0 amide bonds. The molecule has 0 saturated carbocycles.